The summed E-state index contributed by atoms with van der Waals surface area (Å²) in [4.78, 5) is 23.0. The van der Waals surface area contributed by atoms with E-state index in [-0.39, 0.29) is 29.8 Å². The van der Waals surface area contributed by atoms with Crippen LogP contribution in [0.2, 0.25) is 0 Å². The molecule has 5 nitrogen and oxygen atoms in total. The summed E-state index contributed by atoms with van der Waals surface area (Å²) >= 11 is 0. The van der Waals surface area contributed by atoms with Crippen LogP contribution in [0.4, 0.5) is 4.39 Å². The van der Waals surface area contributed by atoms with Crippen molar-refractivity contribution in [2.45, 2.75) is 33.2 Å². The summed E-state index contributed by atoms with van der Waals surface area (Å²) < 4.78 is 18.9. The van der Waals surface area contributed by atoms with Crippen LogP contribution in [0.15, 0.2) is 34.7 Å². The number of amides is 1. The van der Waals surface area contributed by atoms with Gasteiger partial charge in [0.15, 0.2) is 0 Å². The fourth-order valence-corrected chi connectivity index (χ4v) is 2.40. The van der Waals surface area contributed by atoms with Crippen LogP contribution in [0.5, 0.6) is 0 Å². The van der Waals surface area contributed by atoms with E-state index in [0.717, 1.165) is 0 Å². The summed E-state index contributed by atoms with van der Waals surface area (Å²) in [6.45, 7) is 3.45. The van der Waals surface area contributed by atoms with E-state index in [4.69, 9.17) is 9.52 Å². The van der Waals surface area contributed by atoms with Gasteiger partial charge >= 0.3 is 5.97 Å². The minimum atomic E-state index is -1.06. The summed E-state index contributed by atoms with van der Waals surface area (Å²) in [5.41, 5.74) is 0.678. The van der Waals surface area contributed by atoms with Gasteiger partial charge in [-0.05, 0) is 37.5 Å². The minimum Gasteiger partial charge on any atom is -0.478 e. The summed E-state index contributed by atoms with van der Waals surface area (Å²) in [6.07, 6.45) is 0.995. The normalized spacial score (nSPS) is 12.0. The maximum atomic E-state index is 13.6. The van der Waals surface area contributed by atoms with E-state index < -0.39 is 5.97 Å². The lowest BCUT2D eigenvalue weighted by atomic mass is 10.00. The SMILES string of the molecule is Cc1oc(CNC(=O)C(C)CCc2ccccc2F)cc1C(=O)O. The molecule has 0 saturated heterocycles. The molecule has 0 bridgehead atoms. The number of hydrogen-bond donors (Lipinski definition) is 2. The van der Waals surface area contributed by atoms with Crippen molar-refractivity contribution in [3.8, 4) is 0 Å². The third kappa shape index (κ3) is 4.44. The number of carbonyl (C=O) groups excluding carboxylic acids is 1. The number of nitrogens with one attached hydrogen (secondary N) is 1. The molecule has 0 fully saturated rings. The van der Waals surface area contributed by atoms with E-state index in [1.165, 1.54) is 12.1 Å². The second kappa shape index (κ2) is 7.77. The highest BCUT2D eigenvalue weighted by atomic mass is 19.1. The monoisotopic (exact) mass is 333 g/mol. The Morgan fingerprint density at radius 1 is 1.33 bits per heavy atom. The van der Waals surface area contributed by atoms with Crippen LogP contribution in [0.25, 0.3) is 0 Å². The van der Waals surface area contributed by atoms with Crippen molar-refractivity contribution in [3.05, 3.63) is 58.8 Å². The number of aromatic carboxylic acids is 1. The van der Waals surface area contributed by atoms with Gasteiger partial charge in [0, 0.05) is 5.92 Å². The minimum absolute atomic E-state index is 0.0897. The molecule has 2 rings (SSSR count). The van der Waals surface area contributed by atoms with Crippen molar-refractivity contribution >= 4 is 11.9 Å². The summed E-state index contributed by atoms with van der Waals surface area (Å²) in [7, 11) is 0. The fourth-order valence-electron chi connectivity index (χ4n) is 2.40. The molecule has 1 aromatic heterocycles. The number of carboxylic acid groups (broad SMARTS) is 1. The Kier molecular flexibility index (Phi) is 5.73. The Labute approximate surface area is 139 Å². The first kappa shape index (κ1) is 17.7. The predicted molar refractivity (Wildman–Crippen MR) is 86.1 cm³/mol. The highest BCUT2D eigenvalue weighted by molar-refractivity contribution is 5.88. The van der Waals surface area contributed by atoms with E-state index in [2.05, 4.69) is 5.32 Å². The van der Waals surface area contributed by atoms with Gasteiger partial charge < -0.3 is 14.8 Å². The highest BCUT2D eigenvalue weighted by Gasteiger charge is 2.17. The van der Waals surface area contributed by atoms with Crippen LogP contribution in [0.3, 0.4) is 0 Å². The lowest BCUT2D eigenvalue weighted by molar-refractivity contribution is -0.124. The molecule has 128 valence electrons. The number of rotatable bonds is 7. The van der Waals surface area contributed by atoms with Crippen LogP contribution in [0, 0.1) is 18.7 Å². The van der Waals surface area contributed by atoms with Gasteiger partial charge in [0.05, 0.1) is 6.54 Å². The van der Waals surface area contributed by atoms with Gasteiger partial charge in [-0.15, -0.1) is 0 Å². The van der Waals surface area contributed by atoms with Crippen LogP contribution < -0.4 is 5.32 Å². The van der Waals surface area contributed by atoms with Crippen molar-refractivity contribution < 1.29 is 23.5 Å². The molecule has 2 N–H and O–H groups in total. The molecule has 1 unspecified atom stereocenters. The van der Waals surface area contributed by atoms with E-state index >= 15 is 0 Å². The molecule has 24 heavy (non-hydrogen) atoms. The first-order valence-corrected chi connectivity index (χ1v) is 7.72. The molecule has 6 heteroatoms. The Morgan fingerprint density at radius 2 is 2.04 bits per heavy atom. The van der Waals surface area contributed by atoms with Gasteiger partial charge in [-0.3, -0.25) is 4.79 Å². The first-order valence-electron chi connectivity index (χ1n) is 7.72. The molecule has 1 aromatic carbocycles. The van der Waals surface area contributed by atoms with E-state index in [0.29, 0.717) is 29.9 Å². The second-order valence-electron chi connectivity index (χ2n) is 5.74. The molecule has 1 heterocycles. The Morgan fingerprint density at radius 3 is 2.67 bits per heavy atom. The van der Waals surface area contributed by atoms with Gasteiger partial charge in [-0.1, -0.05) is 25.1 Å². The zero-order chi connectivity index (χ0) is 17.7. The molecule has 2 aromatic rings. The smallest absolute Gasteiger partial charge is 0.339 e. The number of carboxylic acids is 1. The number of carbonyl (C=O) groups is 2. The molecule has 0 spiro atoms. The van der Waals surface area contributed by atoms with E-state index in [1.807, 2.05) is 0 Å². The molecule has 0 aliphatic heterocycles. The maximum absolute atomic E-state index is 13.6. The average molecular weight is 333 g/mol. The summed E-state index contributed by atoms with van der Waals surface area (Å²) in [5, 5.41) is 11.7. The van der Waals surface area contributed by atoms with Gasteiger partial charge in [-0.25, -0.2) is 9.18 Å². The zero-order valence-corrected chi connectivity index (χ0v) is 13.6. The van der Waals surface area contributed by atoms with Crippen LogP contribution in [-0.2, 0) is 17.8 Å². The van der Waals surface area contributed by atoms with E-state index in [9.17, 15) is 14.0 Å². The van der Waals surface area contributed by atoms with Crippen LogP contribution >= 0.6 is 0 Å². The first-order chi connectivity index (χ1) is 11.4. The van der Waals surface area contributed by atoms with Crippen molar-refractivity contribution in [1.29, 1.82) is 0 Å². The maximum Gasteiger partial charge on any atom is 0.339 e. The largest absolute Gasteiger partial charge is 0.478 e. The zero-order valence-electron chi connectivity index (χ0n) is 13.6. The molecule has 0 radical (unpaired) electrons. The average Bonchev–Trinajstić information content (AvgIpc) is 2.92. The summed E-state index contributed by atoms with van der Waals surface area (Å²) in [5.74, 6) is -1.11. The molecule has 0 saturated carbocycles. The number of benzene rings is 1. The standard InChI is InChI=1S/C18H20FNO4/c1-11(7-8-13-5-3-4-6-16(13)19)17(21)20-10-14-9-15(18(22)23)12(2)24-14/h3-6,9,11H,7-8,10H2,1-2H3,(H,20,21)(H,22,23). The summed E-state index contributed by atoms with van der Waals surface area (Å²) in [6, 6.07) is 7.91. The third-order valence-corrected chi connectivity index (χ3v) is 3.89. The van der Waals surface area contributed by atoms with Gasteiger partial charge in [-0.2, -0.15) is 0 Å². The molecule has 1 amide bonds. The molecule has 1 atom stereocenters. The Bertz CT molecular complexity index is 738. The van der Waals surface area contributed by atoms with Crippen molar-refractivity contribution in [3.63, 3.8) is 0 Å². The second-order valence-corrected chi connectivity index (χ2v) is 5.74. The van der Waals surface area contributed by atoms with Gasteiger partial charge in [0.2, 0.25) is 5.91 Å². The fraction of sp³-hybridized carbons (Fsp3) is 0.333. The third-order valence-electron chi connectivity index (χ3n) is 3.89. The molecule has 0 aliphatic rings. The molecular weight excluding hydrogens is 313 g/mol. The lowest BCUT2D eigenvalue weighted by Crippen LogP contribution is -2.28. The quantitative estimate of drug-likeness (QED) is 0.815. The van der Waals surface area contributed by atoms with Crippen molar-refractivity contribution in [1.82, 2.24) is 5.32 Å². The molecule has 0 aliphatic carbocycles. The molecular formula is C18H20FNO4. The Balaban J connectivity index is 1.84. The van der Waals surface area contributed by atoms with Gasteiger partial charge in [0.1, 0.15) is 22.9 Å². The van der Waals surface area contributed by atoms with E-state index in [1.54, 1.807) is 32.0 Å². The van der Waals surface area contributed by atoms with Crippen LogP contribution in [0.1, 0.15) is 40.8 Å². The number of halogens is 1. The number of aryl methyl sites for hydroxylation is 2. The number of furan rings is 1. The number of hydrogen-bond acceptors (Lipinski definition) is 3. The lowest BCUT2D eigenvalue weighted by Gasteiger charge is -2.11. The van der Waals surface area contributed by atoms with Gasteiger partial charge in [0.25, 0.3) is 0 Å². The van der Waals surface area contributed by atoms with Crippen LogP contribution in [-0.4, -0.2) is 17.0 Å². The predicted octanol–water partition coefficient (Wildman–Crippen LogP) is 3.31. The topological polar surface area (TPSA) is 79.5 Å². The Hall–Kier alpha value is -2.63. The van der Waals surface area contributed by atoms with Crippen molar-refractivity contribution in [2.75, 3.05) is 0 Å². The van der Waals surface area contributed by atoms with Crippen molar-refractivity contribution in [2.24, 2.45) is 5.92 Å². The highest BCUT2D eigenvalue weighted by Crippen LogP contribution is 2.16.